The van der Waals surface area contributed by atoms with Crippen molar-refractivity contribution >= 4 is 60.0 Å². The quantitative estimate of drug-likeness (QED) is 0.626. The Balaban J connectivity index is 2.06. The van der Waals surface area contributed by atoms with Gasteiger partial charge in [-0.3, -0.25) is 4.72 Å². The molecule has 0 spiro atoms. The molecule has 0 aliphatic carbocycles. The monoisotopic (exact) mass is 400 g/mol. The van der Waals surface area contributed by atoms with Gasteiger partial charge in [-0.1, -0.05) is 27.5 Å². The van der Waals surface area contributed by atoms with Crippen molar-refractivity contribution in [3.8, 4) is 0 Å². The Morgan fingerprint density at radius 1 is 1.27 bits per heavy atom. The molecule has 0 amide bonds. The van der Waals surface area contributed by atoms with Gasteiger partial charge >= 0.3 is 0 Å². The second-order valence-electron chi connectivity index (χ2n) is 4.51. The fourth-order valence-corrected chi connectivity index (χ4v) is 3.93. The molecule has 4 N–H and O–H groups in total. The zero-order chi connectivity index (χ0) is 15.9. The minimum absolute atomic E-state index is 0.0235. The third-order valence-corrected chi connectivity index (χ3v) is 5.36. The van der Waals surface area contributed by atoms with Crippen molar-refractivity contribution < 1.29 is 8.42 Å². The molecular formula is C13H10BrClN4O2S. The van der Waals surface area contributed by atoms with Crippen LogP contribution in [0, 0.1) is 0 Å². The number of fused-ring (bicyclic) bond motifs is 1. The fraction of sp³-hybridized carbons (Fsp3) is 0. The van der Waals surface area contributed by atoms with E-state index < -0.39 is 10.0 Å². The van der Waals surface area contributed by atoms with Gasteiger partial charge in [0.25, 0.3) is 10.0 Å². The first-order valence-electron chi connectivity index (χ1n) is 6.08. The van der Waals surface area contributed by atoms with Crippen LogP contribution >= 0.6 is 27.5 Å². The van der Waals surface area contributed by atoms with Gasteiger partial charge in [-0.2, -0.15) is 0 Å². The average molecular weight is 402 g/mol. The molecule has 3 rings (SSSR count). The van der Waals surface area contributed by atoms with E-state index in [2.05, 4.69) is 30.6 Å². The van der Waals surface area contributed by atoms with Crippen molar-refractivity contribution in [2.75, 3.05) is 10.5 Å². The summed E-state index contributed by atoms with van der Waals surface area (Å²) in [5.41, 5.74) is 6.44. The van der Waals surface area contributed by atoms with Crippen molar-refractivity contribution in [3.05, 3.63) is 46.2 Å². The number of H-pyrrole nitrogens is 1. The van der Waals surface area contributed by atoms with Gasteiger partial charge in [0.15, 0.2) is 0 Å². The molecule has 0 unspecified atom stereocenters. The highest BCUT2D eigenvalue weighted by molar-refractivity contribution is 9.10. The van der Waals surface area contributed by atoms with E-state index in [4.69, 9.17) is 17.3 Å². The molecule has 0 saturated heterocycles. The topological polar surface area (TPSA) is 101 Å². The number of aromatic amines is 1. The summed E-state index contributed by atoms with van der Waals surface area (Å²) in [6, 6.07) is 6.18. The maximum absolute atomic E-state index is 12.4. The smallest absolute Gasteiger partial charge is 0.263 e. The molecule has 0 saturated carbocycles. The molecule has 0 fully saturated rings. The molecule has 6 nitrogen and oxygen atoms in total. The third kappa shape index (κ3) is 2.65. The van der Waals surface area contributed by atoms with Crippen LogP contribution in [0.25, 0.3) is 10.9 Å². The Kier molecular flexibility index (Phi) is 3.75. The summed E-state index contributed by atoms with van der Waals surface area (Å²) in [4.78, 5) is 6.77. The van der Waals surface area contributed by atoms with Crippen LogP contribution in [0.5, 0.6) is 0 Å². The van der Waals surface area contributed by atoms with E-state index in [9.17, 15) is 8.42 Å². The predicted octanol–water partition coefficient (Wildman–Crippen LogP) is 3.36. The molecule has 0 aliphatic rings. The standard InChI is InChI=1S/C13H10BrClN4O2S/c14-8-2-3-10(13-12(8)9(15)6-18-13)19-22(20,21)7-1-4-11(16)17-5-7/h1-6,18-19H,(H2,16,17). The van der Waals surface area contributed by atoms with Crippen LogP contribution in [0.3, 0.4) is 0 Å². The van der Waals surface area contributed by atoms with E-state index in [1.807, 2.05) is 0 Å². The second-order valence-corrected chi connectivity index (χ2v) is 7.45. The van der Waals surface area contributed by atoms with Crippen LogP contribution in [-0.2, 0) is 10.0 Å². The molecule has 2 aromatic heterocycles. The van der Waals surface area contributed by atoms with E-state index >= 15 is 0 Å². The summed E-state index contributed by atoms with van der Waals surface area (Å²) in [5.74, 6) is 0.251. The number of rotatable bonds is 3. The first-order valence-corrected chi connectivity index (χ1v) is 8.73. The van der Waals surface area contributed by atoms with Crippen molar-refractivity contribution in [2.45, 2.75) is 4.90 Å². The van der Waals surface area contributed by atoms with E-state index in [0.29, 0.717) is 21.6 Å². The van der Waals surface area contributed by atoms with Crippen LogP contribution in [-0.4, -0.2) is 18.4 Å². The van der Waals surface area contributed by atoms with Crippen molar-refractivity contribution in [3.63, 3.8) is 0 Å². The number of pyridine rings is 1. The minimum atomic E-state index is -3.77. The van der Waals surface area contributed by atoms with Gasteiger partial charge < -0.3 is 10.7 Å². The van der Waals surface area contributed by atoms with E-state index in [0.717, 1.165) is 4.47 Å². The Bertz CT molecular complexity index is 954. The Morgan fingerprint density at radius 3 is 2.73 bits per heavy atom. The number of anilines is 2. The number of halogens is 2. The van der Waals surface area contributed by atoms with Crippen molar-refractivity contribution in [1.82, 2.24) is 9.97 Å². The molecule has 0 atom stereocenters. The predicted molar refractivity (Wildman–Crippen MR) is 90.5 cm³/mol. The first kappa shape index (κ1) is 15.1. The van der Waals surface area contributed by atoms with E-state index in [1.54, 1.807) is 18.3 Å². The lowest BCUT2D eigenvalue weighted by molar-refractivity contribution is 0.601. The number of benzene rings is 1. The Morgan fingerprint density at radius 2 is 2.05 bits per heavy atom. The fourth-order valence-electron chi connectivity index (χ4n) is 2.01. The molecule has 3 aromatic rings. The maximum Gasteiger partial charge on any atom is 0.263 e. The molecule has 1 aromatic carbocycles. The molecule has 0 radical (unpaired) electrons. The maximum atomic E-state index is 12.4. The highest BCUT2D eigenvalue weighted by Gasteiger charge is 2.18. The number of nitrogens with one attached hydrogen (secondary N) is 2. The van der Waals surface area contributed by atoms with Crippen LogP contribution in [0.15, 0.2) is 46.0 Å². The summed E-state index contributed by atoms with van der Waals surface area (Å²) in [7, 11) is -3.77. The van der Waals surface area contributed by atoms with Gasteiger partial charge in [-0.15, -0.1) is 0 Å². The summed E-state index contributed by atoms with van der Waals surface area (Å²) < 4.78 is 28.1. The number of nitrogens with zero attached hydrogens (tertiary/aromatic N) is 1. The van der Waals surface area contributed by atoms with Crippen LogP contribution in [0.1, 0.15) is 0 Å². The number of hydrogen-bond donors (Lipinski definition) is 3. The number of sulfonamides is 1. The molecule has 9 heteroatoms. The molecule has 22 heavy (non-hydrogen) atoms. The highest BCUT2D eigenvalue weighted by atomic mass is 79.9. The highest BCUT2D eigenvalue weighted by Crippen LogP contribution is 2.35. The zero-order valence-electron chi connectivity index (χ0n) is 11.0. The lowest BCUT2D eigenvalue weighted by Crippen LogP contribution is -2.13. The Hall–Kier alpha value is -1.77. The normalized spacial score (nSPS) is 11.7. The SMILES string of the molecule is Nc1ccc(S(=O)(=O)Nc2ccc(Br)c3c(Cl)c[nH]c23)cn1. The average Bonchev–Trinajstić information content (AvgIpc) is 2.86. The van der Waals surface area contributed by atoms with Gasteiger partial charge in [-0.25, -0.2) is 13.4 Å². The number of hydrogen-bond acceptors (Lipinski definition) is 4. The second kappa shape index (κ2) is 5.45. The van der Waals surface area contributed by atoms with E-state index in [1.165, 1.54) is 18.3 Å². The number of aromatic nitrogens is 2. The molecule has 0 aliphatic heterocycles. The lowest BCUT2D eigenvalue weighted by atomic mass is 10.2. The number of nitrogens with two attached hydrogens (primary N) is 1. The molecule has 0 bridgehead atoms. The number of nitrogen functional groups attached to an aromatic ring is 1. The van der Waals surface area contributed by atoms with Crippen molar-refractivity contribution in [1.29, 1.82) is 0 Å². The Labute approximate surface area is 139 Å². The van der Waals surface area contributed by atoms with Crippen LogP contribution < -0.4 is 10.5 Å². The summed E-state index contributed by atoms with van der Waals surface area (Å²) in [5, 5.41) is 1.20. The van der Waals surface area contributed by atoms with Gasteiger partial charge in [0.05, 0.1) is 16.2 Å². The van der Waals surface area contributed by atoms with Gasteiger partial charge in [0.2, 0.25) is 0 Å². The van der Waals surface area contributed by atoms with Crippen LogP contribution in [0.2, 0.25) is 5.02 Å². The largest absolute Gasteiger partial charge is 0.384 e. The van der Waals surface area contributed by atoms with E-state index in [-0.39, 0.29) is 10.7 Å². The molecule has 114 valence electrons. The third-order valence-electron chi connectivity index (χ3n) is 3.05. The lowest BCUT2D eigenvalue weighted by Gasteiger charge is -2.10. The summed E-state index contributed by atoms with van der Waals surface area (Å²) in [6.45, 7) is 0. The first-order chi connectivity index (χ1) is 10.4. The van der Waals surface area contributed by atoms with Gasteiger partial charge in [0, 0.05) is 22.3 Å². The van der Waals surface area contributed by atoms with Gasteiger partial charge in [0.1, 0.15) is 10.7 Å². The molecule has 2 heterocycles. The van der Waals surface area contributed by atoms with Gasteiger partial charge in [-0.05, 0) is 24.3 Å². The summed E-state index contributed by atoms with van der Waals surface area (Å²) in [6.07, 6.45) is 2.80. The molecular weight excluding hydrogens is 392 g/mol. The summed E-state index contributed by atoms with van der Waals surface area (Å²) >= 11 is 9.48. The van der Waals surface area contributed by atoms with Crippen molar-refractivity contribution in [2.24, 2.45) is 0 Å². The zero-order valence-corrected chi connectivity index (χ0v) is 14.1. The van der Waals surface area contributed by atoms with Crippen LogP contribution in [0.4, 0.5) is 11.5 Å². The minimum Gasteiger partial charge on any atom is -0.384 e.